The fraction of sp³-hybridized carbons (Fsp3) is 0.435. The van der Waals surface area contributed by atoms with Crippen LogP contribution in [0, 0.1) is 12.8 Å². The molecule has 4 rings (SSSR count). The molecule has 2 saturated heterocycles. The van der Waals surface area contributed by atoms with Gasteiger partial charge in [-0.1, -0.05) is 33.6 Å². The normalized spacial score (nSPS) is 20.4. The number of benzene rings is 2. The molecule has 1 atom stereocenters. The second-order valence-corrected chi connectivity index (χ2v) is 11.7. The second kappa shape index (κ2) is 9.71. The smallest absolute Gasteiger partial charge is 0.243 e. The molecule has 2 fully saturated rings. The number of hydrogen-bond acceptors (Lipinski definition) is 4. The van der Waals surface area contributed by atoms with Crippen molar-refractivity contribution in [1.29, 1.82) is 0 Å². The highest BCUT2D eigenvalue weighted by Crippen LogP contribution is 2.28. The number of aryl methyl sites for hydroxylation is 1. The van der Waals surface area contributed by atoms with Gasteiger partial charge in [0, 0.05) is 54.5 Å². The molecule has 32 heavy (non-hydrogen) atoms. The molecular formula is C23H27BrClN3O3S. The van der Waals surface area contributed by atoms with Gasteiger partial charge >= 0.3 is 0 Å². The van der Waals surface area contributed by atoms with Crippen LogP contribution in [-0.4, -0.2) is 62.8 Å². The third-order valence-corrected chi connectivity index (χ3v) is 8.93. The highest BCUT2D eigenvalue weighted by Gasteiger charge is 2.36. The van der Waals surface area contributed by atoms with E-state index in [2.05, 4.69) is 27.8 Å². The van der Waals surface area contributed by atoms with Gasteiger partial charge in [-0.3, -0.25) is 4.79 Å². The Morgan fingerprint density at radius 1 is 1.03 bits per heavy atom. The minimum atomic E-state index is -3.61. The predicted octanol–water partition coefficient (Wildman–Crippen LogP) is 4.16. The van der Waals surface area contributed by atoms with Crippen LogP contribution in [0.3, 0.4) is 0 Å². The molecule has 2 heterocycles. The Bertz CT molecular complexity index is 1090. The number of nitrogens with zero attached hydrogens (tertiary/aromatic N) is 3. The summed E-state index contributed by atoms with van der Waals surface area (Å²) in [6.45, 7) is 5.48. The summed E-state index contributed by atoms with van der Waals surface area (Å²) in [6.07, 6.45) is 1.41. The van der Waals surface area contributed by atoms with Gasteiger partial charge in [-0.2, -0.15) is 4.31 Å². The lowest BCUT2D eigenvalue weighted by Crippen LogP contribution is -2.53. The number of halogens is 2. The molecule has 1 amide bonds. The van der Waals surface area contributed by atoms with Crippen LogP contribution in [-0.2, 0) is 14.8 Å². The van der Waals surface area contributed by atoms with Crippen molar-refractivity contribution in [3.63, 3.8) is 0 Å². The number of sulfonamides is 1. The molecule has 0 radical (unpaired) electrons. The van der Waals surface area contributed by atoms with Crippen molar-refractivity contribution in [1.82, 2.24) is 9.21 Å². The third-order valence-electron chi connectivity index (χ3n) is 6.29. The Kier molecular flexibility index (Phi) is 7.14. The molecule has 6 nitrogen and oxygen atoms in total. The predicted molar refractivity (Wildman–Crippen MR) is 131 cm³/mol. The number of rotatable bonds is 4. The van der Waals surface area contributed by atoms with Gasteiger partial charge in [-0.25, -0.2) is 8.42 Å². The van der Waals surface area contributed by atoms with Gasteiger partial charge < -0.3 is 9.80 Å². The number of piperazine rings is 1. The van der Waals surface area contributed by atoms with Gasteiger partial charge in [0.2, 0.25) is 15.9 Å². The van der Waals surface area contributed by atoms with Crippen molar-refractivity contribution in [3.8, 4) is 0 Å². The second-order valence-electron chi connectivity index (χ2n) is 8.40. The first kappa shape index (κ1) is 23.5. The maximum atomic E-state index is 13.2. The molecule has 0 N–H and O–H groups in total. The van der Waals surface area contributed by atoms with E-state index in [0.29, 0.717) is 31.1 Å². The van der Waals surface area contributed by atoms with E-state index in [1.54, 1.807) is 24.3 Å². The lowest BCUT2D eigenvalue weighted by Gasteiger charge is -2.40. The Morgan fingerprint density at radius 2 is 1.72 bits per heavy atom. The number of amides is 1. The van der Waals surface area contributed by atoms with Gasteiger partial charge in [0.15, 0.2) is 0 Å². The zero-order valence-corrected chi connectivity index (χ0v) is 21.2. The van der Waals surface area contributed by atoms with E-state index in [1.165, 1.54) is 4.31 Å². The van der Waals surface area contributed by atoms with Crippen LogP contribution >= 0.6 is 27.5 Å². The van der Waals surface area contributed by atoms with E-state index in [4.69, 9.17) is 11.6 Å². The molecule has 0 aromatic heterocycles. The fourth-order valence-electron chi connectivity index (χ4n) is 4.47. The van der Waals surface area contributed by atoms with Crippen LogP contribution in [0.25, 0.3) is 0 Å². The van der Waals surface area contributed by atoms with Crippen LogP contribution in [0.5, 0.6) is 0 Å². The first-order chi connectivity index (χ1) is 15.3. The SMILES string of the molecule is Cc1ccc(Cl)cc1N1CCN(C(=O)[C@@H]2CCCN(S(=O)(=O)c3ccc(Br)cc3)C2)CC1. The summed E-state index contributed by atoms with van der Waals surface area (Å²) in [5, 5.41) is 0.707. The molecule has 0 saturated carbocycles. The van der Waals surface area contributed by atoms with Gasteiger partial charge in [-0.15, -0.1) is 0 Å². The monoisotopic (exact) mass is 539 g/mol. The van der Waals surface area contributed by atoms with Crippen molar-refractivity contribution in [2.75, 3.05) is 44.2 Å². The average molecular weight is 541 g/mol. The van der Waals surface area contributed by atoms with Crippen LogP contribution in [0.2, 0.25) is 5.02 Å². The summed E-state index contributed by atoms with van der Waals surface area (Å²) < 4.78 is 28.4. The quantitative estimate of drug-likeness (QED) is 0.584. The molecule has 0 aliphatic carbocycles. The molecule has 9 heteroatoms. The first-order valence-corrected chi connectivity index (χ1v) is 13.4. The summed E-state index contributed by atoms with van der Waals surface area (Å²) in [7, 11) is -3.61. The maximum Gasteiger partial charge on any atom is 0.243 e. The van der Waals surface area contributed by atoms with Crippen molar-refractivity contribution in [2.24, 2.45) is 5.92 Å². The van der Waals surface area contributed by atoms with Crippen molar-refractivity contribution in [3.05, 3.63) is 57.5 Å². The molecule has 0 bridgehead atoms. The molecule has 2 aromatic carbocycles. The zero-order chi connectivity index (χ0) is 22.9. The van der Waals surface area contributed by atoms with Crippen LogP contribution in [0.1, 0.15) is 18.4 Å². The van der Waals surface area contributed by atoms with E-state index < -0.39 is 10.0 Å². The number of carbonyl (C=O) groups excluding carboxylic acids is 1. The zero-order valence-electron chi connectivity index (χ0n) is 18.0. The summed E-state index contributed by atoms with van der Waals surface area (Å²) >= 11 is 9.51. The van der Waals surface area contributed by atoms with Crippen LogP contribution < -0.4 is 4.90 Å². The van der Waals surface area contributed by atoms with Crippen molar-refractivity contribution in [2.45, 2.75) is 24.7 Å². The Morgan fingerprint density at radius 3 is 2.41 bits per heavy atom. The average Bonchev–Trinajstić information content (AvgIpc) is 2.81. The lowest BCUT2D eigenvalue weighted by atomic mass is 9.97. The summed E-state index contributed by atoms with van der Waals surface area (Å²) in [6, 6.07) is 12.5. The van der Waals surface area contributed by atoms with Gasteiger partial charge in [0.05, 0.1) is 10.8 Å². The number of piperidine rings is 1. The van der Waals surface area contributed by atoms with E-state index in [9.17, 15) is 13.2 Å². The molecular weight excluding hydrogens is 514 g/mol. The Hall–Kier alpha value is -1.61. The highest BCUT2D eigenvalue weighted by molar-refractivity contribution is 9.10. The molecule has 0 spiro atoms. The van der Waals surface area contributed by atoms with Gasteiger partial charge in [0.1, 0.15) is 0 Å². The molecule has 2 aliphatic heterocycles. The lowest BCUT2D eigenvalue weighted by molar-refractivity contribution is -0.137. The van der Waals surface area contributed by atoms with Gasteiger partial charge in [0.25, 0.3) is 0 Å². The Balaban J connectivity index is 1.39. The van der Waals surface area contributed by atoms with Crippen molar-refractivity contribution < 1.29 is 13.2 Å². The summed E-state index contributed by atoms with van der Waals surface area (Å²) in [5.74, 6) is -0.239. The number of carbonyl (C=O) groups is 1. The molecule has 2 aromatic rings. The van der Waals surface area contributed by atoms with Crippen molar-refractivity contribution >= 4 is 49.1 Å². The standard InChI is InChI=1S/C23H27BrClN3O3S/c1-17-4-7-20(25)15-22(17)26-11-13-27(14-12-26)23(29)18-3-2-10-28(16-18)32(30,31)21-8-5-19(24)6-9-21/h4-9,15,18H,2-3,10-14,16H2,1H3/t18-/m1/s1. The number of hydrogen-bond donors (Lipinski definition) is 0. The molecule has 2 aliphatic rings. The minimum Gasteiger partial charge on any atom is -0.368 e. The Labute approximate surface area is 203 Å². The van der Waals surface area contributed by atoms with E-state index in [0.717, 1.165) is 35.2 Å². The molecule has 0 unspecified atom stereocenters. The molecule has 172 valence electrons. The van der Waals surface area contributed by atoms with Crippen LogP contribution in [0.4, 0.5) is 5.69 Å². The van der Waals surface area contributed by atoms with E-state index >= 15 is 0 Å². The maximum absolute atomic E-state index is 13.2. The van der Waals surface area contributed by atoms with E-state index in [1.807, 2.05) is 23.1 Å². The largest absolute Gasteiger partial charge is 0.368 e. The highest BCUT2D eigenvalue weighted by atomic mass is 79.9. The summed E-state index contributed by atoms with van der Waals surface area (Å²) in [5.41, 5.74) is 2.27. The fourth-order valence-corrected chi connectivity index (χ4v) is 6.42. The van der Waals surface area contributed by atoms with Crippen LogP contribution in [0.15, 0.2) is 51.8 Å². The minimum absolute atomic E-state index is 0.0585. The van der Waals surface area contributed by atoms with E-state index in [-0.39, 0.29) is 23.3 Å². The number of anilines is 1. The van der Waals surface area contributed by atoms with Gasteiger partial charge in [-0.05, 0) is 61.7 Å². The summed E-state index contributed by atoms with van der Waals surface area (Å²) in [4.78, 5) is 17.6. The third kappa shape index (κ3) is 4.98. The topological polar surface area (TPSA) is 60.9 Å². The first-order valence-electron chi connectivity index (χ1n) is 10.8.